The van der Waals surface area contributed by atoms with Crippen molar-refractivity contribution in [2.24, 2.45) is 0 Å². The van der Waals surface area contributed by atoms with Crippen molar-refractivity contribution in [3.05, 3.63) is 57.1 Å². The SMILES string of the molecule is C[C@@H]1c2ccccc2CCN1c1nc2sccn2c1[N+](=O)[O-]. The van der Waals surface area contributed by atoms with Crippen LogP contribution in [0, 0.1) is 10.1 Å². The van der Waals surface area contributed by atoms with E-state index in [1.165, 1.54) is 22.5 Å². The highest BCUT2D eigenvalue weighted by Gasteiger charge is 2.33. The average Bonchev–Trinajstić information content (AvgIpc) is 3.08. The minimum atomic E-state index is -0.338. The highest BCUT2D eigenvalue weighted by Crippen LogP contribution is 2.38. The van der Waals surface area contributed by atoms with Crippen molar-refractivity contribution in [3.8, 4) is 0 Å². The number of rotatable bonds is 2. The van der Waals surface area contributed by atoms with Gasteiger partial charge in [0.2, 0.25) is 5.82 Å². The standard InChI is InChI=1S/C15H14N4O2S/c1-10-12-5-3-2-4-11(12)6-7-17(10)13-14(19(20)21)18-8-9-22-15(18)16-13/h2-5,8-10H,6-7H2,1H3/t10-/m1/s1. The number of imidazole rings is 1. The summed E-state index contributed by atoms with van der Waals surface area (Å²) < 4.78 is 1.56. The van der Waals surface area contributed by atoms with Gasteiger partial charge in [0.15, 0.2) is 0 Å². The molecule has 0 bridgehead atoms. The summed E-state index contributed by atoms with van der Waals surface area (Å²) in [5.74, 6) is 0.529. The van der Waals surface area contributed by atoms with Gasteiger partial charge < -0.3 is 15.0 Å². The Labute approximate surface area is 130 Å². The molecule has 3 aromatic rings. The van der Waals surface area contributed by atoms with E-state index >= 15 is 0 Å². The third-order valence-electron chi connectivity index (χ3n) is 4.26. The molecule has 7 heteroatoms. The fraction of sp³-hybridized carbons (Fsp3) is 0.267. The van der Waals surface area contributed by atoms with E-state index in [-0.39, 0.29) is 16.8 Å². The van der Waals surface area contributed by atoms with Gasteiger partial charge in [-0.15, -0.1) is 0 Å². The summed E-state index contributed by atoms with van der Waals surface area (Å²) >= 11 is 1.41. The molecule has 0 amide bonds. The largest absolute Gasteiger partial charge is 0.373 e. The quantitative estimate of drug-likeness (QED) is 0.537. The molecule has 1 atom stereocenters. The van der Waals surface area contributed by atoms with E-state index in [0.29, 0.717) is 10.8 Å². The maximum atomic E-state index is 11.5. The lowest BCUT2D eigenvalue weighted by Gasteiger charge is -2.34. The Kier molecular flexibility index (Phi) is 2.90. The monoisotopic (exact) mass is 314 g/mol. The van der Waals surface area contributed by atoms with Crippen molar-refractivity contribution in [1.82, 2.24) is 9.38 Å². The van der Waals surface area contributed by atoms with Crippen LogP contribution in [0.3, 0.4) is 0 Å². The molecule has 0 saturated heterocycles. The summed E-state index contributed by atoms with van der Waals surface area (Å²) in [5, 5.41) is 13.3. The summed E-state index contributed by atoms with van der Waals surface area (Å²) in [7, 11) is 0. The number of nitrogens with zero attached hydrogens (tertiary/aromatic N) is 4. The highest BCUT2D eigenvalue weighted by atomic mass is 32.1. The smallest absolute Gasteiger partial charge is 0.358 e. The van der Waals surface area contributed by atoms with Crippen molar-refractivity contribution >= 4 is 27.9 Å². The Morgan fingerprint density at radius 3 is 3.05 bits per heavy atom. The van der Waals surface area contributed by atoms with Crippen LogP contribution in [0.25, 0.3) is 4.96 Å². The number of benzene rings is 1. The van der Waals surface area contributed by atoms with Crippen molar-refractivity contribution in [1.29, 1.82) is 0 Å². The van der Waals surface area contributed by atoms with E-state index in [2.05, 4.69) is 24.0 Å². The first-order valence-electron chi connectivity index (χ1n) is 7.11. The first-order valence-corrected chi connectivity index (χ1v) is 7.99. The number of anilines is 1. The molecule has 1 aliphatic rings. The molecule has 112 valence electrons. The van der Waals surface area contributed by atoms with Crippen molar-refractivity contribution in [3.63, 3.8) is 0 Å². The van der Waals surface area contributed by atoms with E-state index in [1.807, 2.05) is 22.4 Å². The molecule has 0 aliphatic carbocycles. The molecule has 6 nitrogen and oxygen atoms in total. The summed E-state index contributed by atoms with van der Waals surface area (Å²) in [6, 6.07) is 8.35. The number of nitro groups is 1. The molecule has 0 fully saturated rings. The number of aromatic nitrogens is 2. The number of hydrogen-bond donors (Lipinski definition) is 0. The topological polar surface area (TPSA) is 63.7 Å². The molecule has 3 heterocycles. The van der Waals surface area contributed by atoms with Gasteiger partial charge in [-0.3, -0.25) is 0 Å². The van der Waals surface area contributed by atoms with Gasteiger partial charge in [0, 0.05) is 11.9 Å². The van der Waals surface area contributed by atoms with Crippen LogP contribution in [0.1, 0.15) is 24.1 Å². The van der Waals surface area contributed by atoms with E-state index in [4.69, 9.17) is 0 Å². The van der Waals surface area contributed by atoms with Crippen LogP contribution in [0.5, 0.6) is 0 Å². The lowest BCUT2D eigenvalue weighted by molar-refractivity contribution is -0.389. The van der Waals surface area contributed by atoms with E-state index in [0.717, 1.165) is 13.0 Å². The lowest BCUT2D eigenvalue weighted by Crippen LogP contribution is -2.34. The Balaban J connectivity index is 1.85. The molecule has 1 aromatic carbocycles. The molecule has 2 aromatic heterocycles. The first-order chi connectivity index (χ1) is 10.7. The molecule has 0 saturated carbocycles. The van der Waals surface area contributed by atoms with Gasteiger partial charge in [-0.1, -0.05) is 35.6 Å². The van der Waals surface area contributed by atoms with Gasteiger partial charge in [0.05, 0.1) is 6.04 Å². The predicted octanol–water partition coefficient (Wildman–Crippen LogP) is 3.43. The zero-order chi connectivity index (χ0) is 15.3. The second-order valence-electron chi connectivity index (χ2n) is 5.39. The fourth-order valence-electron chi connectivity index (χ4n) is 3.19. The predicted molar refractivity (Wildman–Crippen MR) is 85.6 cm³/mol. The highest BCUT2D eigenvalue weighted by molar-refractivity contribution is 7.15. The van der Waals surface area contributed by atoms with Gasteiger partial charge in [-0.2, -0.15) is 9.38 Å². The Bertz CT molecular complexity index is 869. The van der Waals surface area contributed by atoms with Crippen LogP contribution in [0.15, 0.2) is 35.8 Å². The Hall–Kier alpha value is -2.41. The minimum absolute atomic E-state index is 0.0579. The van der Waals surface area contributed by atoms with Crippen LogP contribution >= 0.6 is 11.3 Å². The molecule has 0 radical (unpaired) electrons. The van der Waals surface area contributed by atoms with Crippen molar-refractivity contribution in [2.75, 3.05) is 11.4 Å². The third-order valence-corrected chi connectivity index (χ3v) is 5.02. The van der Waals surface area contributed by atoms with Crippen LogP contribution in [-0.2, 0) is 6.42 Å². The fourth-order valence-corrected chi connectivity index (χ4v) is 3.89. The van der Waals surface area contributed by atoms with Gasteiger partial charge in [-0.25, -0.2) is 0 Å². The third kappa shape index (κ3) is 1.82. The average molecular weight is 314 g/mol. The van der Waals surface area contributed by atoms with Crippen LogP contribution in [0.2, 0.25) is 0 Å². The Morgan fingerprint density at radius 2 is 2.23 bits per heavy atom. The van der Waals surface area contributed by atoms with Crippen LogP contribution in [0.4, 0.5) is 11.6 Å². The van der Waals surface area contributed by atoms with Gasteiger partial charge >= 0.3 is 5.82 Å². The first kappa shape index (κ1) is 13.3. The number of hydrogen-bond acceptors (Lipinski definition) is 5. The van der Waals surface area contributed by atoms with Crippen LogP contribution < -0.4 is 4.90 Å². The molecule has 1 aliphatic heterocycles. The van der Waals surface area contributed by atoms with Gasteiger partial charge in [-0.05, 0) is 29.4 Å². The molecule has 0 N–H and O–H groups in total. The van der Waals surface area contributed by atoms with Crippen molar-refractivity contribution in [2.45, 2.75) is 19.4 Å². The lowest BCUT2D eigenvalue weighted by atomic mass is 9.94. The van der Waals surface area contributed by atoms with E-state index in [1.54, 1.807) is 10.6 Å². The molecule has 0 spiro atoms. The summed E-state index contributed by atoms with van der Waals surface area (Å²) in [4.78, 5) is 18.4. The summed E-state index contributed by atoms with van der Waals surface area (Å²) in [6.45, 7) is 2.82. The van der Waals surface area contributed by atoms with Crippen molar-refractivity contribution < 1.29 is 4.92 Å². The summed E-state index contributed by atoms with van der Waals surface area (Å²) in [5.41, 5.74) is 2.54. The molecule has 22 heavy (non-hydrogen) atoms. The molecular weight excluding hydrogens is 300 g/mol. The maximum Gasteiger partial charge on any atom is 0.373 e. The zero-order valence-electron chi connectivity index (χ0n) is 12.0. The molecule has 4 rings (SSSR count). The van der Waals surface area contributed by atoms with E-state index in [9.17, 15) is 10.1 Å². The second-order valence-corrected chi connectivity index (χ2v) is 6.26. The second kappa shape index (κ2) is 4.81. The van der Waals surface area contributed by atoms with Gasteiger partial charge in [0.25, 0.3) is 4.96 Å². The summed E-state index contributed by atoms with van der Waals surface area (Å²) in [6.07, 6.45) is 2.58. The molecule has 0 unspecified atom stereocenters. The Morgan fingerprint density at radius 1 is 1.41 bits per heavy atom. The number of thiazole rings is 1. The van der Waals surface area contributed by atoms with E-state index < -0.39 is 0 Å². The minimum Gasteiger partial charge on any atom is -0.358 e. The normalized spacial score (nSPS) is 17.7. The number of fused-ring (bicyclic) bond motifs is 2. The zero-order valence-corrected chi connectivity index (χ0v) is 12.8. The van der Waals surface area contributed by atoms with Gasteiger partial charge in [0.1, 0.15) is 6.20 Å². The maximum absolute atomic E-state index is 11.5. The van der Waals surface area contributed by atoms with Crippen LogP contribution in [-0.4, -0.2) is 20.9 Å². The molecular formula is C15H14N4O2S.